The molecular formula is C11H15N3. The molecule has 0 spiro atoms. The molecule has 0 fully saturated rings. The van der Waals surface area contributed by atoms with E-state index in [1.165, 1.54) is 16.5 Å². The molecule has 0 atom stereocenters. The summed E-state index contributed by atoms with van der Waals surface area (Å²) >= 11 is 0. The van der Waals surface area contributed by atoms with Crippen molar-refractivity contribution in [3.8, 4) is 0 Å². The summed E-state index contributed by atoms with van der Waals surface area (Å²) in [6.07, 6.45) is 0. The van der Waals surface area contributed by atoms with Crippen molar-refractivity contribution in [2.45, 2.75) is 26.9 Å². The van der Waals surface area contributed by atoms with Gasteiger partial charge in [-0.3, -0.25) is 4.68 Å². The molecule has 0 aliphatic carbocycles. The van der Waals surface area contributed by atoms with Crippen LogP contribution in [0.3, 0.4) is 0 Å². The van der Waals surface area contributed by atoms with E-state index in [1.807, 2.05) is 17.7 Å². The van der Waals surface area contributed by atoms with E-state index in [4.69, 9.17) is 5.73 Å². The van der Waals surface area contributed by atoms with Gasteiger partial charge in [-0.05, 0) is 25.5 Å². The van der Waals surface area contributed by atoms with E-state index in [9.17, 15) is 0 Å². The second-order valence-corrected chi connectivity index (χ2v) is 3.42. The van der Waals surface area contributed by atoms with Gasteiger partial charge in [-0.1, -0.05) is 12.1 Å². The molecular weight excluding hydrogens is 174 g/mol. The predicted molar refractivity (Wildman–Crippen MR) is 58.0 cm³/mol. The number of hydrogen-bond donors (Lipinski definition) is 1. The van der Waals surface area contributed by atoms with Crippen molar-refractivity contribution in [1.29, 1.82) is 0 Å². The molecule has 2 aromatic rings. The molecule has 2 rings (SSSR count). The lowest BCUT2D eigenvalue weighted by molar-refractivity contribution is 0.676. The van der Waals surface area contributed by atoms with Crippen LogP contribution in [-0.2, 0) is 13.1 Å². The van der Waals surface area contributed by atoms with Crippen LogP contribution in [0.5, 0.6) is 0 Å². The van der Waals surface area contributed by atoms with Crippen molar-refractivity contribution < 1.29 is 0 Å². The standard InChI is InChI=1S/C11H15N3/c1-3-14-10-6-4-5-9(7-12)11(10)8(2)13-14/h4-6H,3,7,12H2,1-2H3. The first-order chi connectivity index (χ1) is 6.77. The van der Waals surface area contributed by atoms with Gasteiger partial charge in [-0.2, -0.15) is 5.10 Å². The third kappa shape index (κ3) is 1.21. The Morgan fingerprint density at radius 3 is 2.86 bits per heavy atom. The monoisotopic (exact) mass is 189 g/mol. The Bertz CT molecular complexity index is 457. The van der Waals surface area contributed by atoms with E-state index in [-0.39, 0.29) is 0 Å². The van der Waals surface area contributed by atoms with E-state index in [0.29, 0.717) is 6.54 Å². The summed E-state index contributed by atoms with van der Waals surface area (Å²) < 4.78 is 2.02. The number of hydrogen-bond acceptors (Lipinski definition) is 2. The molecule has 74 valence electrons. The summed E-state index contributed by atoms with van der Waals surface area (Å²) in [4.78, 5) is 0. The molecule has 0 radical (unpaired) electrons. The van der Waals surface area contributed by atoms with E-state index in [0.717, 1.165) is 12.2 Å². The molecule has 0 aliphatic heterocycles. The summed E-state index contributed by atoms with van der Waals surface area (Å²) in [6.45, 7) is 5.61. The minimum absolute atomic E-state index is 0.577. The highest BCUT2D eigenvalue weighted by atomic mass is 15.3. The van der Waals surface area contributed by atoms with Crippen LogP contribution < -0.4 is 5.73 Å². The maximum atomic E-state index is 5.70. The van der Waals surface area contributed by atoms with Crippen LogP contribution >= 0.6 is 0 Å². The smallest absolute Gasteiger partial charge is 0.0688 e. The number of aryl methyl sites for hydroxylation is 2. The molecule has 14 heavy (non-hydrogen) atoms. The lowest BCUT2D eigenvalue weighted by atomic mass is 10.1. The summed E-state index contributed by atoms with van der Waals surface area (Å²) in [6, 6.07) is 6.20. The molecule has 1 aromatic carbocycles. The Labute approximate surface area is 83.5 Å². The van der Waals surface area contributed by atoms with E-state index in [1.54, 1.807) is 0 Å². The average Bonchev–Trinajstić information content (AvgIpc) is 2.55. The Balaban J connectivity index is 2.81. The van der Waals surface area contributed by atoms with Gasteiger partial charge in [0.25, 0.3) is 0 Å². The third-order valence-electron chi connectivity index (χ3n) is 2.56. The summed E-state index contributed by atoms with van der Waals surface area (Å²) in [5.74, 6) is 0. The van der Waals surface area contributed by atoms with Crippen LogP contribution in [0, 0.1) is 6.92 Å². The zero-order valence-electron chi connectivity index (χ0n) is 8.62. The van der Waals surface area contributed by atoms with Crippen LogP contribution in [0.25, 0.3) is 10.9 Å². The molecule has 0 unspecified atom stereocenters. The highest BCUT2D eigenvalue weighted by Gasteiger charge is 2.08. The third-order valence-corrected chi connectivity index (χ3v) is 2.56. The Morgan fingerprint density at radius 1 is 1.43 bits per heavy atom. The van der Waals surface area contributed by atoms with E-state index >= 15 is 0 Å². The second-order valence-electron chi connectivity index (χ2n) is 3.42. The van der Waals surface area contributed by atoms with Crippen LogP contribution in [0.15, 0.2) is 18.2 Å². The first-order valence-corrected chi connectivity index (χ1v) is 4.93. The van der Waals surface area contributed by atoms with Gasteiger partial charge in [-0.25, -0.2) is 0 Å². The zero-order chi connectivity index (χ0) is 10.1. The predicted octanol–water partition coefficient (Wildman–Crippen LogP) is 1.82. The largest absolute Gasteiger partial charge is 0.326 e. The number of rotatable bonds is 2. The number of nitrogens with zero attached hydrogens (tertiary/aromatic N) is 2. The molecule has 0 amide bonds. The highest BCUT2D eigenvalue weighted by molar-refractivity contribution is 5.85. The fourth-order valence-electron chi connectivity index (χ4n) is 1.92. The lowest BCUT2D eigenvalue weighted by Crippen LogP contribution is -1.98. The fraction of sp³-hybridized carbons (Fsp3) is 0.364. The van der Waals surface area contributed by atoms with Crippen LogP contribution in [0.2, 0.25) is 0 Å². The normalized spacial score (nSPS) is 11.1. The maximum absolute atomic E-state index is 5.70. The molecule has 0 saturated carbocycles. The summed E-state index contributed by atoms with van der Waals surface area (Å²) in [5.41, 5.74) is 9.14. The average molecular weight is 189 g/mol. The topological polar surface area (TPSA) is 43.8 Å². The molecule has 1 aromatic heterocycles. The van der Waals surface area contributed by atoms with Crippen molar-refractivity contribution in [2.24, 2.45) is 5.73 Å². The zero-order valence-corrected chi connectivity index (χ0v) is 8.62. The van der Waals surface area contributed by atoms with Gasteiger partial charge >= 0.3 is 0 Å². The second kappa shape index (κ2) is 3.42. The lowest BCUT2D eigenvalue weighted by Gasteiger charge is -2.01. The van der Waals surface area contributed by atoms with Gasteiger partial charge in [0.2, 0.25) is 0 Å². The van der Waals surface area contributed by atoms with Crippen molar-refractivity contribution in [1.82, 2.24) is 9.78 Å². The molecule has 3 heteroatoms. The number of nitrogens with two attached hydrogens (primary N) is 1. The molecule has 2 N–H and O–H groups in total. The SMILES string of the molecule is CCn1nc(C)c2c(CN)cccc21. The van der Waals surface area contributed by atoms with Crippen LogP contribution in [-0.4, -0.2) is 9.78 Å². The quantitative estimate of drug-likeness (QED) is 0.783. The van der Waals surface area contributed by atoms with Gasteiger partial charge in [0.05, 0.1) is 11.2 Å². The summed E-state index contributed by atoms with van der Waals surface area (Å²) in [5, 5.41) is 5.70. The Hall–Kier alpha value is -1.35. The Kier molecular flexibility index (Phi) is 2.25. The van der Waals surface area contributed by atoms with Gasteiger partial charge in [0.1, 0.15) is 0 Å². The van der Waals surface area contributed by atoms with Crippen molar-refractivity contribution in [2.75, 3.05) is 0 Å². The van der Waals surface area contributed by atoms with Crippen molar-refractivity contribution >= 4 is 10.9 Å². The van der Waals surface area contributed by atoms with Gasteiger partial charge in [0.15, 0.2) is 0 Å². The van der Waals surface area contributed by atoms with Gasteiger partial charge < -0.3 is 5.73 Å². The van der Waals surface area contributed by atoms with Crippen LogP contribution in [0.1, 0.15) is 18.2 Å². The number of aromatic nitrogens is 2. The first-order valence-electron chi connectivity index (χ1n) is 4.93. The van der Waals surface area contributed by atoms with Crippen molar-refractivity contribution in [3.63, 3.8) is 0 Å². The highest BCUT2D eigenvalue weighted by Crippen LogP contribution is 2.21. The van der Waals surface area contributed by atoms with Crippen molar-refractivity contribution in [3.05, 3.63) is 29.5 Å². The molecule has 0 saturated heterocycles. The molecule has 0 bridgehead atoms. The van der Waals surface area contributed by atoms with Crippen LogP contribution in [0.4, 0.5) is 0 Å². The Morgan fingerprint density at radius 2 is 2.21 bits per heavy atom. The summed E-state index contributed by atoms with van der Waals surface area (Å²) in [7, 11) is 0. The minimum Gasteiger partial charge on any atom is -0.326 e. The minimum atomic E-state index is 0.577. The van der Waals surface area contributed by atoms with E-state index < -0.39 is 0 Å². The maximum Gasteiger partial charge on any atom is 0.0688 e. The van der Waals surface area contributed by atoms with Gasteiger partial charge in [-0.15, -0.1) is 0 Å². The fourth-order valence-corrected chi connectivity index (χ4v) is 1.92. The molecule has 3 nitrogen and oxygen atoms in total. The molecule has 1 heterocycles. The first kappa shape index (κ1) is 9.21. The van der Waals surface area contributed by atoms with E-state index in [2.05, 4.69) is 24.2 Å². The van der Waals surface area contributed by atoms with Gasteiger partial charge in [0, 0.05) is 18.5 Å². The number of fused-ring (bicyclic) bond motifs is 1. The number of benzene rings is 1. The molecule has 0 aliphatic rings.